The zero-order valence-corrected chi connectivity index (χ0v) is 16.3. The monoisotopic (exact) mass is 385 g/mol. The van der Waals surface area contributed by atoms with Crippen molar-refractivity contribution in [2.24, 2.45) is 5.10 Å². The number of rotatable bonds is 7. The number of hydrazone groups is 1. The molecule has 0 radical (unpaired) electrons. The number of hydrogen-bond donors (Lipinski definition) is 1. The molecule has 0 aliphatic carbocycles. The molecule has 0 aliphatic rings. The van der Waals surface area contributed by atoms with Crippen LogP contribution in [0.5, 0.6) is 11.5 Å². The van der Waals surface area contributed by atoms with Gasteiger partial charge in [-0.2, -0.15) is 5.10 Å². The summed E-state index contributed by atoms with van der Waals surface area (Å²) in [5.41, 5.74) is 3.79. The number of hydrogen-bond acceptors (Lipinski definition) is 6. The van der Waals surface area contributed by atoms with Crippen LogP contribution in [0.15, 0.2) is 47.6 Å². The van der Waals surface area contributed by atoms with Crippen LogP contribution in [0.2, 0.25) is 0 Å². The first-order valence-corrected chi connectivity index (χ1v) is 8.58. The molecule has 0 heterocycles. The van der Waals surface area contributed by atoms with Gasteiger partial charge < -0.3 is 9.47 Å². The summed E-state index contributed by atoms with van der Waals surface area (Å²) in [6.45, 7) is 6.14. The molecule has 8 nitrogen and oxygen atoms in total. The van der Waals surface area contributed by atoms with Crippen LogP contribution < -0.4 is 14.9 Å². The average Bonchev–Trinajstić information content (AvgIpc) is 2.65. The summed E-state index contributed by atoms with van der Waals surface area (Å²) in [7, 11) is 1.44. The van der Waals surface area contributed by atoms with Crippen LogP contribution in [0.3, 0.4) is 0 Å². The fourth-order valence-corrected chi connectivity index (χ4v) is 2.34. The summed E-state index contributed by atoms with van der Waals surface area (Å²) in [6.07, 6.45) is 1.28. The van der Waals surface area contributed by atoms with Crippen molar-refractivity contribution in [3.05, 3.63) is 63.7 Å². The maximum Gasteiger partial charge on any atom is 0.277 e. The molecule has 0 saturated carbocycles. The van der Waals surface area contributed by atoms with Gasteiger partial charge in [-0.1, -0.05) is 32.9 Å². The molecule has 8 heteroatoms. The number of carbonyl (C=O) groups is 1. The Balaban J connectivity index is 1.92. The maximum atomic E-state index is 11.9. The lowest BCUT2D eigenvalue weighted by molar-refractivity contribution is -0.384. The summed E-state index contributed by atoms with van der Waals surface area (Å²) in [4.78, 5) is 22.2. The SMILES string of the molecule is COc1ccc([N+](=O)[O-])cc1/C=N/NC(=O)COc1ccc(C(C)(C)C)cc1. The van der Waals surface area contributed by atoms with Crippen LogP contribution in [0, 0.1) is 10.1 Å². The third-order valence-electron chi connectivity index (χ3n) is 3.91. The number of carbonyl (C=O) groups excluding carboxylic acids is 1. The van der Waals surface area contributed by atoms with Gasteiger partial charge in [-0.3, -0.25) is 14.9 Å². The second kappa shape index (κ2) is 8.98. The fourth-order valence-electron chi connectivity index (χ4n) is 2.34. The minimum absolute atomic E-state index is 0.0399. The molecule has 0 bridgehead atoms. The van der Waals surface area contributed by atoms with Crippen molar-refractivity contribution in [1.82, 2.24) is 5.43 Å². The van der Waals surface area contributed by atoms with Gasteiger partial charge in [0.2, 0.25) is 0 Å². The molecule has 2 aromatic rings. The van der Waals surface area contributed by atoms with E-state index in [1.807, 2.05) is 24.3 Å². The fraction of sp³-hybridized carbons (Fsp3) is 0.300. The molecule has 0 fully saturated rings. The number of amides is 1. The largest absolute Gasteiger partial charge is 0.496 e. The average molecular weight is 385 g/mol. The van der Waals surface area contributed by atoms with Crippen LogP contribution in [0.4, 0.5) is 5.69 Å². The Morgan fingerprint density at radius 3 is 2.46 bits per heavy atom. The molecule has 0 unspecified atom stereocenters. The molecule has 0 aromatic heterocycles. The van der Waals surface area contributed by atoms with Crippen LogP contribution >= 0.6 is 0 Å². The first kappa shape index (κ1) is 20.9. The second-order valence-corrected chi connectivity index (χ2v) is 7.04. The van der Waals surface area contributed by atoms with Crippen molar-refractivity contribution in [2.45, 2.75) is 26.2 Å². The summed E-state index contributed by atoms with van der Waals surface area (Å²) in [6, 6.07) is 11.6. The van der Waals surface area contributed by atoms with E-state index < -0.39 is 10.8 Å². The Morgan fingerprint density at radius 2 is 1.89 bits per heavy atom. The normalized spacial score (nSPS) is 11.3. The Morgan fingerprint density at radius 1 is 1.21 bits per heavy atom. The molecular formula is C20H23N3O5. The summed E-state index contributed by atoms with van der Waals surface area (Å²) < 4.78 is 10.6. The van der Waals surface area contributed by atoms with E-state index in [0.29, 0.717) is 17.1 Å². The van der Waals surface area contributed by atoms with E-state index >= 15 is 0 Å². The lowest BCUT2D eigenvalue weighted by Crippen LogP contribution is -2.24. The maximum absolute atomic E-state index is 11.9. The molecule has 1 N–H and O–H groups in total. The number of methoxy groups -OCH3 is 1. The lowest BCUT2D eigenvalue weighted by atomic mass is 9.87. The number of nitrogens with one attached hydrogen (secondary N) is 1. The minimum atomic E-state index is -0.520. The quantitative estimate of drug-likeness (QED) is 0.447. The van der Waals surface area contributed by atoms with Crippen molar-refractivity contribution in [3.63, 3.8) is 0 Å². The van der Waals surface area contributed by atoms with Crippen LogP contribution in [0.1, 0.15) is 31.9 Å². The molecule has 2 rings (SSSR count). The summed E-state index contributed by atoms with van der Waals surface area (Å²) in [5.74, 6) is 0.520. The molecule has 28 heavy (non-hydrogen) atoms. The number of nitrogens with zero attached hydrogens (tertiary/aromatic N) is 2. The number of nitro groups is 1. The Hall–Kier alpha value is -3.42. The molecule has 2 aromatic carbocycles. The highest BCUT2D eigenvalue weighted by atomic mass is 16.6. The van der Waals surface area contributed by atoms with Crippen LogP contribution in [-0.2, 0) is 10.2 Å². The van der Waals surface area contributed by atoms with E-state index in [2.05, 4.69) is 31.3 Å². The van der Waals surface area contributed by atoms with E-state index in [4.69, 9.17) is 9.47 Å². The predicted octanol–water partition coefficient (Wildman–Crippen LogP) is 3.43. The number of ether oxygens (including phenoxy) is 2. The van der Waals surface area contributed by atoms with Crippen molar-refractivity contribution >= 4 is 17.8 Å². The molecule has 1 amide bonds. The first-order valence-electron chi connectivity index (χ1n) is 8.58. The van der Waals surface area contributed by atoms with Gasteiger partial charge in [0, 0.05) is 17.7 Å². The Labute approximate surface area is 163 Å². The van der Waals surface area contributed by atoms with Crippen molar-refractivity contribution in [2.75, 3.05) is 13.7 Å². The molecule has 0 atom stereocenters. The molecular weight excluding hydrogens is 362 g/mol. The summed E-state index contributed by atoms with van der Waals surface area (Å²) in [5, 5.41) is 14.7. The number of benzene rings is 2. The smallest absolute Gasteiger partial charge is 0.277 e. The van der Waals surface area contributed by atoms with Gasteiger partial charge in [0.25, 0.3) is 11.6 Å². The molecule has 0 saturated heterocycles. The van der Waals surface area contributed by atoms with Gasteiger partial charge in [-0.05, 0) is 29.2 Å². The van der Waals surface area contributed by atoms with Crippen LogP contribution in [0.25, 0.3) is 0 Å². The highest BCUT2D eigenvalue weighted by molar-refractivity contribution is 5.86. The Bertz CT molecular complexity index is 870. The highest BCUT2D eigenvalue weighted by Gasteiger charge is 2.13. The zero-order chi connectivity index (χ0) is 20.7. The van der Waals surface area contributed by atoms with Gasteiger partial charge in [0.05, 0.1) is 18.2 Å². The van der Waals surface area contributed by atoms with E-state index in [1.54, 1.807) is 0 Å². The van der Waals surface area contributed by atoms with Crippen LogP contribution in [-0.4, -0.2) is 30.8 Å². The standard InChI is InChI=1S/C20H23N3O5/c1-20(2,3)15-5-8-17(9-6-15)28-13-19(24)22-21-12-14-11-16(23(25)26)7-10-18(14)27-4/h5-12H,13H2,1-4H3,(H,22,24)/b21-12+. The molecule has 148 valence electrons. The van der Waals surface area contributed by atoms with Gasteiger partial charge in [0.1, 0.15) is 11.5 Å². The summed E-state index contributed by atoms with van der Waals surface area (Å²) >= 11 is 0. The highest BCUT2D eigenvalue weighted by Crippen LogP contribution is 2.24. The Kier molecular flexibility index (Phi) is 6.70. The molecule has 0 spiro atoms. The van der Waals surface area contributed by atoms with Gasteiger partial charge in [0.15, 0.2) is 6.61 Å². The first-order chi connectivity index (χ1) is 13.2. The topological polar surface area (TPSA) is 103 Å². The van der Waals surface area contributed by atoms with E-state index in [0.717, 1.165) is 0 Å². The zero-order valence-electron chi connectivity index (χ0n) is 16.3. The van der Waals surface area contributed by atoms with Gasteiger partial charge in [-0.25, -0.2) is 5.43 Å². The molecule has 0 aliphatic heterocycles. The van der Waals surface area contributed by atoms with E-state index in [9.17, 15) is 14.9 Å². The van der Waals surface area contributed by atoms with Crippen molar-refractivity contribution in [1.29, 1.82) is 0 Å². The van der Waals surface area contributed by atoms with Gasteiger partial charge in [-0.15, -0.1) is 0 Å². The minimum Gasteiger partial charge on any atom is -0.496 e. The predicted molar refractivity (Wildman–Crippen MR) is 106 cm³/mol. The van der Waals surface area contributed by atoms with Gasteiger partial charge >= 0.3 is 0 Å². The number of nitro benzene ring substituents is 1. The van der Waals surface area contributed by atoms with E-state index in [-0.39, 0.29) is 17.7 Å². The lowest BCUT2D eigenvalue weighted by Gasteiger charge is -2.19. The van der Waals surface area contributed by atoms with Crippen molar-refractivity contribution < 1.29 is 19.2 Å². The number of non-ortho nitro benzene ring substituents is 1. The van der Waals surface area contributed by atoms with E-state index in [1.165, 1.54) is 37.1 Å². The second-order valence-electron chi connectivity index (χ2n) is 7.04. The third-order valence-corrected chi connectivity index (χ3v) is 3.91. The third kappa shape index (κ3) is 5.80. The van der Waals surface area contributed by atoms with Crippen molar-refractivity contribution in [3.8, 4) is 11.5 Å².